The maximum absolute atomic E-state index is 3.92. The van der Waals surface area contributed by atoms with E-state index in [1.807, 2.05) is 0 Å². The van der Waals surface area contributed by atoms with Crippen molar-refractivity contribution >= 4 is 8.07 Å². The van der Waals surface area contributed by atoms with Crippen LogP contribution in [0.2, 0.25) is 25.7 Å². The lowest BCUT2D eigenvalue weighted by molar-refractivity contribution is 0.517. The molecule has 0 saturated heterocycles. The van der Waals surface area contributed by atoms with Gasteiger partial charge in [-0.3, -0.25) is 0 Å². The fraction of sp³-hybridized carbons (Fsp3) is 0.967. The zero-order chi connectivity index (χ0) is 22.9. The van der Waals surface area contributed by atoms with Crippen LogP contribution in [0, 0.1) is 6.92 Å². The summed E-state index contributed by atoms with van der Waals surface area (Å²) in [6, 6.07) is 1.53. The van der Waals surface area contributed by atoms with E-state index < -0.39 is 8.07 Å². The molecule has 0 fully saturated rings. The van der Waals surface area contributed by atoms with Gasteiger partial charge in [-0.05, 0) is 0 Å². The Morgan fingerprint density at radius 2 is 0.516 bits per heavy atom. The minimum Gasteiger partial charge on any atom is -0.0695 e. The summed E-state index contributed by atoms with van der Waals surface area (Å²) in [5.74, 6) is 0. The van der Waals surface area contributed by atoms with Gasteiger partial charge in [-0.1, -0.05) is 193 Å². The molecule has 0 aromatic heterocycles. The first-order valence-electron chi connectivity index (χ1n) is 14.9. The molecular weight excluding hydrogens is 388 g/mol. The molecule has 0 saturated carbocycles. The van der Waals surface area contributed by atoms with E-state index in [1.165, 1.54) is 160 Å². The van der Waals surface area contributed by atoms with Crippen molar-refractivity contribution in [2.24, 2.45) is 0 Å². The van der Waals surface area contributed by atoms with Gasteiger partial charge in [0, 0.05) is 8.07 Å². The van der Waals surface area contributed by atoms with Crippen molar-refractivity contribution in [1.29, 1.82) is 0 Å². The first-order chi connectivity index (χ1) is 15.1. The first-order valence-corrected chi connectivity index (χ1v) is 18.6. The van der Waals surface area contributed by atoms with Crippen LogP contribution in [0.4, 0.5) is 0 Å². The summed E-state index contributed by atoms with van der Waals surface area (Å²) in [6.45, 7) is 11.4. The molecule has 0 atom stereocenters. The Morgan fingerprint density at radius 1 is 0.323 bits per heavy atom. The molecule has 0 heterocycles. The van der Waals surface area contributed by atoms with Crippen molar-refractivity contribution in [2.45, 2.75) is 186 Å². The molecule has 0 bridgehead atoms. The van der Waals surface area contributed by atoms with Gasteiger partial charge in [-0.25, -0.2) is 0 Å². The van der Waals surface area contributed by atoms with Gasteiger partial charge in [0.15, 0.2) is 0 Å². The highest BCUT2D eigenvalue weighted by atomic mass is 28.3. The summed E-state index contributed by atoms with van der Waals surface area (Å²) in [5, 5.41) is 0. The van der Waals surface area contributed by atoms with Gasteiger partial charge in [0.2, 0.25) is 0 Å². The molecule has 0 amide bonds. The van der Waals surface area contributed by atoms with Crippen LogP contribution in [0.15, 0.2) is 0 Å². The smallest absolute Gasteiger partial charge is 0.0442 e. The molecule has 0 spiro atoms. The molecule has 31 heavy (non-hydrogen) atoms. The van der Waals surface area contributed by atoms with Crippen molar-refractivity contribution in [3.63, 3.8) is 0 Å². The third-order valence-electron chi connectivity index (χ3n) is 6.93. The molecule has 0 aliphatic rings. The van der Waals surface area contributed by atoms with Gasteiger partial charge in [-0.2, -0.15) is 0 Å². The van der Waals surface area contributed by atoms with Gasteiger partial charge in [0.05, 0.1) is 0 Å². The molecule has 0 aromatic rings. The second-order valence-electron chi connectivity index (χ2n) is 11.6. The lowest BCUT2D eigenvalue weighted by atomic mass is 10.0. The standard InChI is InChI=1S/C30H63Si/c1-5-6-7-8-9-10-11-12-13-14-15-16-17-18-19-20-21-22-23-24-25-26-27-28-29-30-31(2,3)4/h1,5-30H2,2-4H3. The van der Waals surface area contributed by atoms with Gasteiger partial charge in [-0.15, -0.1) is 0 Å². The van der Waals surface area contributed by atoms with Crippen molar-refractivity contribution in [2.75, 3.05) is 0 Å². The molecule has 0 aliphatic heterocycles. The average Bonchev–Trinajstić information content (AvgIpc) is 2.73. The third-order valence-corrected chi connectivity index (χ3v) is 8.78. The highest BCUT2D eigenvalue weighted by Gasteiger charge is 2.11. The van der Waals surface area contributed by atoms with Gasteiger partial charge >= 0.3 is 0 Å². The third kappa shape index (κ3) is 30.2. The van der Waals surface area contributed by atoms with E-state index >= 15 is 0 Å². The van der Waals surface area contributed by atoms with Crippen LogP contribution >= 0.6 is 0 Å². The Kier molecular flexibility index (Phi) is 25.0. The predicted octanol–water partition coefficient (Wildman–Crippen LogP) is 11.9. The zero-order valence-electron chi connectivity index (χ0n) is 22.6. The number of unbranched alkanes of at least 4 members (excludes halogenated alkanes) is 24. The van der Waals surface area contributed by atoms with Crippen LogP contribution in [0.25, 0.3) is 0 Å². The minimum atomic E-state index is -0.778. The van der Waals surface area contributed by atoms with Crippen LogP contribution in [0.3, 0.4) is 0 Å². The summed E-state index contributed by atoms with van der Waals surface area (Å²) >= 11 is 0. The summed E-state index contributed by atoms with van der Waals surface area (Å²) in [4.78, 5) is 0. The SMILES string of the molecule is [CH2]CCCCCCCCCCCCCCCCCCCCCCCCCC[Si](C)(C)C. The molecular formula is C30H63Si. The van der Waals surface area contributed by atoms with Crippen molar-refractivity contribution < 1.29 is 0 Å². The summed E-state index contributed by atoms with van der Waals surface area (Å²) in [5.41, 5.74) is 0. The predicted molar refractivity (Wildman–Crippen MR) is 149 cm³/mol. The van der Waals surface area contributed by atoms with E-state index in [4.69, 9.17) is 0 Å². The van der Waals surface area contributed by atoms with E-state index in [0.717, 1.165) is 6.42 Å². The molecule has 0 aromatic carbocycles. The van der Waals surface area contributed by atoms with E-state index in [2.05, 4.69) is 26.6 Å². The maximum atomic E-state index is 3.92. The molecule has 0 nitrogen and oxygen atoms in total. The summed E-state index contributed by atoms with van der Waals surface area (Å²) < 4.78 is 0. The molecule has 1 heteroatoms. The first kappa shape index (κ1) is 31.2. The van der Waals surface area contributed by atoms with Crippen molar-refractivity contribution in [3.05, 3.63) is 6.92 Å². The lowest BCUT2D eigenvalue weighted by Gasteiger charge is -2.14. The fourth-order valence-electron chi connectivity index (χ4n) is 4.72. The number of hydrogen-bond acceptors (Lipinski definition) is 0. The number of rotatable bonds is 26. The van der Waals surface area contributed by atoms with Gasteiger partial charge < -0.3 is 0 Å². The minimum absolute atomic E-state index is 0.778. The largest absolute Gasteiger partial charge is 0.0695 e. The Bertz CT molecular complexity index is 317. The van der Waals surface area contributed by atoms with Crippen LogP contribution < -0.4 is 0 Å². The lowest BCUT2D eigenvalue weighted by Crippen LogP contribution is -2.18. The van der Waals surface area contributed by atoms with Crippen LogP contribution in [0.1, 0.15) is 161 Å². The monoisotopic (exact) mass is 451 g/mol. The molecule has 0 unspecified atom stereocenters. The van der Waals surface area contributed by atoms with Crippen LogP contribution in [-0.2, 0) is 0 Å². The Labute approximate surface area is 201 Å². The highest BCUT2D eigenvalue weighted by Crippen LogP contribution is 2.17. The summed E-state index contributed by atoms with van der Waals surface area (Å²) in [6.07, 6.45) is 36.5. The topological polar surface area (TPSA) is 0 Å². The van der Waals surface area contributed by atoms with Crippen LogP contribution in [-0.4, -0.2) is 8.07 Å². The highest BCUT2D eigenvalue weighted by molar-refractivity contribution is 6.76. The average molecular weight is 452 g/mol. The second kappa shape index (κ2) is 24.9. The molecule has 0 N–H and O–H groups in total. The van der Waals surface area contributed by atoms with Gasteiger partial charge in [0.25, 0.3) is 0 Å². The van der Waals surface area contributed by atoms with Crippen molar-refractivity contribution in [3.8, 4) is 0 Å². The molecule has 1 radical (unpaired) electrons. The quantitative estimate of drug-likeness (QED) is 0.0905. The maximum Gasteiger partial charge on any atom is 0.0442 e. The zero-order valence-corrected chi connectivity index (χ0v) is 23.6. The second-order valence-corrected chi connectivity index (χ2v) is 17.3. The molecule has 0 rings (SSSR count). The Balaban J connectivity index is 3.02. The van der Waals surface area contributed by atoms with Crippen molar-refractivity contribution in [1.82, 2.24) is 0 Å². The Morgan fingerprint density at radius 3 is 0.710 bits per heavy atom. The van der Waals surface area contributed by atoms with Crippen LogP contribution in [0.5, 0.6) is 0 Å². The fourth-order valence-corrected chi connectivity index (χ4v) is 6.03. The normalized spacial score (nSPS) is 12.0. The van der Waals surface area contributed by atoms with E-state index in [9.17, 15) is 0 Å². The van der Waals surface area contributed by atoms with E-state index in [1.54, 1.807) is 0 Å². The van der Waals surface area contributed by atoms with E-state index in [0.29, 0.717) is 0 Å². The molecule has 0 aliphatic carbocycles. The Hall–Kier alpha value is 0.217. The van der Waals surface area contributed by atoms with Gasteiger partial charge in [0.1, 0.15) is 0 Å². The van der Waals surface area contributed by atoms with E-state index in [-0.39, 0.29) is 0 Å². The summed E-state index contributed by atoms with van der Waals surface area (Å²) in [7, 11) is -0.778. The molecule has 187 valence electrons. The number of hydrogen-bond donors (Lipinski definition) is 0.